The molecule has 0 unspecified atom stereocenters. The fourth-order valence-electron chi connectivity index (χ4n) is 1.73. The van der Waals surface area contributed by atoms with Gasteiger partial charge in [-0.05, 0) is 18.3 Å². The van der Waals surface area contributed by atoms with E-state index in [0.717, 1.165) is 13.2 Å². The van der Waals surface area contributed by atoms with Crippen molar-refractivity contribution in [3.05, 3.63) is 30.3 Å². The predicted octanol–water partition coefficient (Wildman–Crippen LogP) is 2.79. The van der Waals surface area contributed by atoms with Crippen LogP contribution >= 0.6 is 0 Å². The number of benzene rings is 1. The molecule has 1 aromatic carbocycles. The largest absolute Gasteiger partial charge is 0.412 e. The summed E-state index contributed by atoms with van der Waals surface area (Å²) >= 11 is 0. The Balaban J connectivity index is 2.62. The van der Waals surface area contributed by atoms with Gasteiger partial charge in [-0.25, -0.2) is 0 Å². The van der Waals surface area contributed by atoms with Crippen LogP contribution in [0, 0.1) is 5.41 Å². The molecule has 0 fully saturated rings. The first-order valence-corrected chi connectivity index (χ1v) is 8.97. The number of hydrogen-bond donors (Lipinski definition) is 0. The minimum atomic E-state index is -1.77. The Bertz CT molecular complexity index is 333. The van der Waals surface area contributed by atoms with Gasteiger partial charge in [0, 0.05) is 19.1 Å². The molecule has 0 spiro atoms. The lowest BCUT2D eigenvalue weighted by Crippen LogP contribution is -2.47. The van der Waals surface area contributed by atoms with Gasteiger partial charge in [-0.1, -0.05) is 44.2 Å². The van der Waals surface area contributed by atoms with Crippen LogP contribution in [-0.4, -0.2) is 28.6 Å². The van der Waals surface area contributed by atoms with Gasteiger partial charge in [0.25, 0.3) is 0 Å². The normalized spacial score (nSPS) is 12.8. The molecule has 0 aromatic heterocycles. The van der Waals surface area contributed by atoms with Crippen molar-refractivity contribution in [3.63, 3.8) is 0 Å². The fourth-order valence-corrected chi connectivity index (χ4v) is 3.64. The molecule has 0 atom stereocenters. The van der Waals surface area contributed by atoms with Gasteiger partial charge in [-0.3, -0.25) is 0 Å². The van der Waals surface area contributed by atoms with E-state index in [1.807, 2.05) is 6.07 Å². The smallest absolute Gasteiger partial charge is 0.218 e. The second-order valence-electron chi connectivity index (χ2n) is 5.76. The van der Waals surface area contributed by atoms with Crippen molar-refractivity contribution in [1.29, 1.82) is 0 Å². The molecule has 0 saturated carbocycles. The van der Waals surface area contributed by atoms with Crippen LogP contribution in [0.15, 0.2) is 30.3 Å². The molecule has 2 nitrogen and oxygen atoms in total. The van der Waals surface area contributed by atoms with Crippen LogP contribution in [0.4, 0.5) is 0 Å². The lowest BCUT2D eigenvalue weighted by atomic mass is 9.97. The summed E-state index contributed by atoms with van der Waals surface area (Å²) < 4.78 is 11.4. The van der Waals surface area contributed by atoms with Crippen LogP contribution in [-0.2, 0) is 9.16 Å². The van der Waals surface area contributed by atoms with Gasteiger partial charge in [0.15, 0.2) is 0 Å². The van der Waals surface area contributed by atoms with E-state index in [2.05, 4.69) is 51.2 Å². The Morgan fingerprint density at radius 3 is 2.18 bits per heavy atom. The Hall–Kier alpha value is -0.643. The number of rotatable bonds is 6. The average Bonchev–Trinajstić information content (AvgIpc) is 2.28. The lowest BCUT2D eigenvalue weighted by Gasteiger charge is -2.30. The van der Waals surface area contributed by atoms with Gasteiger partial charge in [-0.15, -0.1) is 0 Å². The van der Waals surface area contributed by atoms with Crippen molar-refractivity contribution in [3.8, 4) is 0 Å². The maximum absolute atomic E-state index is 6.19. The monoisotopic (exact) mass is 252 g/mol. The molecule has 0 N–H and O–H groups in total. The van der Waals surface area contributed by atoms with Gasteiger partial charge in [-0.2, -0.15) is 0 Å². The predicted molar refractivity (Wildman–Crippen MR) is 75.2 cm³/mol. The fraction of sp³-hybridized carbons (Fsp3) is 0.571. The van der Waals surface area contributed by atoms with E-state index < -0.39 is 8.32 Å². The van der Waals surface area contributed by atoms with E-state index >= 15 is 0 Å². The van der Waals surface area contributed by atoms with Gasteiger partial charge >= 0.3 is 0 Å². The molecule has 3 heteroatoms. The minimum absolute atomic E-state index is 0.0772. The maximum Gasteiger partial charge on any atom is 0.218 e. The Morgan fingerprint density at radius 1 is 1.06 bits per heavy atom. The van der Waals surface area contributed by atoms with Crippen molar-refractivity contribution in [2.75, 3.05) is 20.3 Å². The summed E-state index contributed by atoms with van der Waals surface area (Å²) in [5.74, 6) is 0. The highest BCUT2D eigenvalue weighted by molar-refractivity contribution is 6.84. The summed E-state index contributed by atoms with van der Waals surface area (Å²) in [5, 5.41) is 1.34. The van der Waals surface area contributed by atoms with E-state index in [0.29, 0.717) is 0 Å². The molecule has 0 saturated heterocycles. The summed E-state index contributed by atoms with van der Waals surface area (Å²) in [6, 6.07) is 10.5. The molecular weight excluding hydrogens is 228 g/mol. The zero-order chi connectivity index (χ0) is 12.9. The molecule has 96 valence electrons. The zero-order valence-electron chi connectivity index (χ0n) is 11.6. The average molecular weight is 252 g/mol. The quantitative estimate of drug-likeness (QED) is 0.725. The Morgan fingerprint density at radius 2 is 1.65 bits per heavy atom. The van der Waals surface area contributed by atoms with Crippen LogP contribution < -0.4 is 5.19 Å². The number of hydrogen-bond acceptors (Lipinski definition) is 2. The Labute approximate surface area is 106 Å². The number of methoxy groups -OCH3 is 1. The third-order valence-electron chi connectivity index (χ3n) is 2.83. The molecule has 1 aromatic rings. The highest BCUT2D eigenvalue weighted by atomic mass is 28.4. The molecule has 1 rings (SSSR count). The van der Waals surface area contributed by atoms with Crippen LogP contribution in [0.5, 0.6) is 0 Å². The molecule has 0 radical (unpaired) electrons. The summed E-state index contributed by atoms with van der Waals surface area (Å²) in [7, 11) is -0.0362. The van der Waals surface area contributed by atoms with Crippen LogP contribution in [0.25, 0.3) is 0 Å². The molecule has 0 bridgehead atoms. The van der Waals surface area contributed by atoms with Crippen molar-refractivity contribution in [2.24, 2.45) is 5.41 Å². The zero-order valence-corrected chi connectivity index (χ0v) is 12.6. The van der Waals surface area contributed by atoms with Gasteiger partial charge in [0.1, 0.15) is 0 Å². The molecule has 17 heavy (non-hydrogen) atoms. The highest BCUT2D eigenvalue weighted by Gasteiger charge is 2.28. The SMILES string of the molecule is COCC(C)(C)CO[Si](C)(C)c1ccccc1. The second-order valence-corrected chi connectivity index (χ2v) is 9.65. The van der Waals surface area contributed by atoms with E-state index in [9.17, 15) is 0 Å². The summed E-state index contributed by atoms with van der Waals surface area (Å²) in [6.45, 7) is 10.3. The standard InChI is InChI=1S/C14H24O2Si/c1-14(2,11-15-3)12-16-17(4,5)13-9-7-6-8-10-13/h6-10H,11-12H2,1-5H3. The molecule has 0 aliphatic heterocycles. The van der Waals surface area contributed by atoms with Gasteiger partial charge in [0.2, 0.25) is 8.32 Å². The summed E-state index contributed by atoms with van der Waals surface area (Å²) in [6.07, 6.45) is 0. The lowest BCUT2D eigenvalue weighted by molar-refractivity contribution is 0.0626. The van der Waals surface area contributed by atoms with E-state index in [1.165, 1.54) is 5.19 Å². The van der Waals surface area contributed by atoms with Gasteiger partial charge < -0.3 is 9.16 Å². The first kappa shape index (κ1) is 14.4. The summed E-state index contributed by atoms with van der Waals surface area (Å²) in [5.41, 5.74) is 0.0772. The Kier molecular flexibility index (Phi) is 4.92. The van der Waals surface area contributed by atoms with Crippen LogP contribution in [0.3, 0.4) is 0 Å². The second kappa shape index (κ2) is 5.80. The topological polar surface area (TPSA) is 18.5 Å². The van der Waals surface area contributed by atoms with Crippen LogP contribution in [0.1, 0.15) is 13.8 Å². The highest BCUT2D eigenvalue weighted by Crippen LogP contribution is 2.18. The molecular formula is C14H24O2Si. The van der Waals surface area contributed by atoms with Crippen molar-refractivity contribution in [1.82, 2.24) is 0 Å². The van der Waals surface area contributed by atoms with Crippen LogP contribution in [0.2, 0.25) is 13.1 Å². The molecule has 0 aliphatic carbocycles. The molecule has 0 amide bonds. The van der Waals surface area contributed by atoms with Crippen molar-refractivity contribution in [2.45, 2.75) is 26.9 Å². The summed E-state index contributed by atoms with van der Waals surface area (Å²) in [4.78, 5) is 0. The van der Waals surface area contributed by atoms with Crippen molar-refractivity contribution >= 4 is 13.5 Å². The van der Waals surface area contributed by atoms with Gasteiger partial charge in [0.05, 0.1) is 6.61 Å². The minimum Gasteiger partial charge on any atom is -0.412 e. The molecule has 0 heterocycles. The first-order chi connectivity index (χ1) is 7.87. The van der Waals surface area contributed by atoms with E-state index in [-0.39, 0.29) is 5.41 Å². The van der Waals surface area contributed by atoms with Crippen molar-refractivity contribution < 1.29 is 9.16 Å². The maximum atomic E-state index is 6.19. The molecule has 0 aliphatic rings. The van der Waals surface area contributed by atoms with E-state index in [1.54, 1.807) is 7.11 Å². The first-order valence-electron chi connectivity index (χ1n) is 6.06. The van der Waals surface area contributed by atoms with E-state index in [4.69, 9.17) is 9.16 Å². The number of ether oxygens (including phenoxy) is 1. The third kappa shape index (κ3) is 4.62. The third-order valence-corrected chi connectivity index (χ3v) is 5.42.